The van der Waals surface area contributed by atoms with Crippen LogP contribution in [-0.4, -0.2) is 0 Å². The molecule has 0 radical (unpaired) electrons. The number of hydrogen-bond acceptors (Lipinski definition) is 0. The fourth-order valence-electron chi connectivity index (χ4n) is 13.7. The first-order valence-electron chi connectivity index (χ1n) is 26.9. The Kier molecular flexibility index (Phi) is 9.76. The Morgan fingerprint density at radius 1 is 0.184 bits per heavy atom. The zero-order valence-corrected chi connectivity index (χ0v) is 43.2. The van der Waals surface area contributed by atoms with Crippen molar-refractivity contribution >= 4 is 43.1 Å². The molecule has 0 atom stereocenters. The second-order valence-electron chi connectivity index (χ2n) is 22.3. The quantitative estimate of drug-likeness (QED) is 0.146. The average molecular weight is 967 g/mol. The molecule has 0 saturated carbocycles. The fraction of sp³-hybridized carbons (Fsp3) is 0.0789. The molecule has 0 aliphatic heterocycles. The van der Waals surface area contributed by atoms with Crippen LogP contribution < -0.4 is 0 Å². The SMILES string of the molecule is CC1(C)c2cc(-c3ccc(-c4c5ccccc5c(-c5ccccc5)c5ccccc45)cc3)ccc2-c2ccc(-c3ccc(-c4c5ccccc5c(-c5ccc6c(c5)C(C)(C)c5ccccc5-6)c5ccccc45)cc3)cc21. The lowest BCUT2D eigenvalue weighted by Gasteiger charge is -2.23. The predicted molar refractivity (Wildman–Crippen MR) is 324 cm³/mol. The molecule has 13 aromatic rings. The Balaban J connectivity index is 0.751. The summed E-state index contributed by atoms with van der Waals surface area (Å²) in [6.07, 6.45) is 0. The molecule has 0 N–H and O–H groups in total. The Morgan fingerprint density at radius 2 is 0.434 bits per heavy atom. The lowest BCUT2D eigenvalue weighted by Crippen LogP contribution is -2.15. The van der Waals surface area contributed by atoms with E-state index in [9.17, 15) is 0 Å². The van der Waals surface area contributed by atoms with Crippen molar-refractivity contribution < 1.29 is 0 Å². The van der Waals surface area contributed by atoms with Crippen molar-refractivity contribution in [2.75, 3.05) is 0 Å². The molecule has 15 rings (SSSR count). The van der Waals surface area contributed by atoms with Crippen molar-refractivity contribution in [3.8, 4) is 89.0 Å². The summed E-state index contributed by atoms with van der Waals surface area (Å²) in [6.45, 7) is 9.54. The highest BCUT2D eigenvalue weighted by Gasteiger charge is 2.37. The van der Waals surface area contributed by atoms with Crippen molar-refractivity contribution in [3.05, 3.63) is 277 Å². The van der Waals surface area contributed by atoms with Crippen molar-refractivity contribution in [3.63, 3.8) is 0 Å². The molecular formula is C76H54. The van der Waals surface area contributed by atoms with Gasteiger partial charge in [0.2, 0.25) is 0 Å². The van der Waals surface area contributed by atoms with Crippen LogP contribution in [0.25, 0.3) is 132 Å². The Labute approximate surface area is 445 Å². The maximum absolute atomic E-state index is 2.47. The highest BCUT2D eigenvalue weighted by molar-refractivity contribution is 6.23. The number of rotatable bonds is 6. The van der Waals surface area contributed by atoms with E-state index in [0.29, 0.717) is 0 Å². The third-order valence-electron chi connectivity index (χ3n) is 17.5. The number of hydrogen-bond donors (Lipinski definition) is 0. The molecule has 0 amide bonds. The van der Waals surface area contributed by atoms with Crippen LogP contribution in [0.4, 0.5) is 0 Å². The first-order chi connectivity index (χ1) is 37.2. The van der Waals surface area contributed by atoms with E-state index < -0.39 is 0 Å². The number of benzene rings is 13. The molecule has 76 heavy (non-hydrogen) atoms. The van der Waals surface area contributed by atoms with Gasteiger partial charge in [-0.3, -0.25) is 0 Å². The summed E-state index contributed by atoms with van der Waals surface area (Å²) in [5.41, 5.74) is 25.7. The molecule has 0 heteroatoms. The first-order valence-corrected chi connectivity index (χ1v) is 26.9. The molecule has 0 saturated heterocycles. The van der Waals surface area contributed by atoms with Crippen LogP contribution >= 0.6 is 0 Å². The van der Waals surface area contributed by atoms with Gasteiger partial charge in [-0.05, 0) is 173 Å². The van der Waals surface area contributed by atoms with Gasteiger partial charge in [0.1, 0.15) is 0 Å². The third kappa shape index (κ3) is 6.57. The highest BCUT2D eigenvalue weighted by Crippen LogP contribution is 2.53. The van der Waals surface area contributed by atoms with Crippen LogP contribution in [0.5, 0.6) is 0 Å². The van der Waals surface area contributed by atoms with E-state index in [0.717, 1.165) is 0 Å². The average Bonchev–Trinajstić information content (AvgIpc) is 3.85. The Hall–Kier alpha value is -9.10. The normalized spacial score (nSPS) is 13.7. The molecule has 0 spiro atoms. The van der Waals surface area contributed by atoms with E-state index in [1.807, 2.05) is 0 Å². The molecule has 0 unspecified atom stereocenters. The Bertz CT molecular complexity index is 4410. The van der Waals surface area contributed by atoms with Crippen LogP contribution in [0.2, 0.25) is 0 Å². The molecule has 0 nitrogen and oxygen atoms in total. The van der Waals surface area contributed by atoms with E-state index in [1.165, 1.54) is 154 Å². The van der Waals surface area contributed by atoms with Crippen LogP contribution in [0.15, 0.2) is 255 Å². The van der Waals surface area contributed by atoms with Gasteiger partial charge < -0.3 is 0 Å². The number of fused-ring (bicyclic) bond motifs is 10. The van der Waals surface area contributed by atoms with Crippen molar-refractivity contribution in [1.82, 2.24) is 0 Å². The molecule has 2 aliphatic rings. The van der Waals surface area contributed by atoms with E-state index in [4.69, 9.17) is 0 Å². The lowest BCUT2D eigenvalue weighted by atomic mass is 9.80. The van der Waals surface area contributed by atoms with E-state index in [1.54, 1.807) is 0 Å². The summed E-state index contributed by atoms with van der Waals surface area (Å²) in [5.74, 6) is 0. The van der Waals surface area contributed by atoms with Gasteiger partial charge in [-0.25, -0.2) is 0 Å². The summed E-state index contributed by atoms with van der Waals surface area (Å²) in [7, 11) is 0. The molecule has 2 aliphatic carbocycles. The van der Waals surface area contributed by atoms with Gasteiger partial charge in [-0.1, -0.05) is 264 Å². The zero-order valence-electron chi connectivity index (χ0n) is 43.2. The topological polar surface area (TPSA) is 0 Å². The van der Waals surface area contributed by atoms with Gasteiger partial charge in [0, 0.05) is 10.8 Å². The maximum Gasteiger partial charge on any atom is 0.0159 e. The van der Waals surface area contributed by atoms with Crippen LogP contribution in [-0.2, 0) is 10.8 Å². The van der Waals surface area contributed by atoms with Gasteiger partial charge in [0.05, 0.1) is 0 Å². The van der Waals surface area contributed by atoms with Gasteiger partial charge >= 0.3 is 0 Å². The molecule has 358 valence electrons. The van der Waals surface area contributed by atoms with Gasteiger partial charge in [0.25, 0.3) is 0 Å². The first kappa shape index (κ1) is 44.4. The van der Waals surface area contributed by atoms with Crippen LogP contribution in [0.3, 0.4) is 0 Å². The summed E-state index contributed by atoms with van der Waals surface area (Å²) in [6, 6.07) is 95.7. The zero-order chi connectivity index (χ0) is 50.9. The minimum atomic E-state index is -0.174. The minimum absolute atomic E-state index is 0.0721. The van der Waals surface area contributed by atoms with Crippen molar-refractivity contribution in [2.45, 2.75) is 38.5 Å². The predicted octanol–water partition coefficient (Wildman–Crippen LogP) is 20.9. The molecule has 13 aromatic carbocycles. The summed E-state index contributed by atoms with van der Waals surface area (Å²) >= 11 is 0. The summed E-state index contributed by atoms with van der Waals surface area (Å²) < 4.78 is 0. The van der Waals surface area contributed by atoms with E-state index in [2.05, 4.69) is 282 Å². The van der Waals surface area contributed by atoms with Crippen molar-refractivity contribution in [1.29, 1.82) is 0 Å². The molecule has 0 aromatic heterocycles. The molecule has 0 heterocycles. The minimum Gasteiger partial charge on any atom is -0.0622 e. The highest BCUT2D eigenvalue weighted by atomic mass is 14.4. The third-order valence-corrected chi connectivity index (χ3v) is 17.5. The molecule has 0 fully saturated rings. The Morgan fingerprint density at radius 3 is 0.829 bits per heavy atom. The lowest BCUT2D eigenvalue weighted by molar-refractivity contribution is 0.660. The largest absolute Gasteiger partial charge is 0.0622 e. The summed E-state index contributed by atoms with van der Waals surface area (Å²) in [5, 5.41) is 10.2. The second-order valence-corrected chi connectivity index (χ2v) is 22.3. The van der Waals surface area contributed by atoms with E-state index >= 15 is 0 Å². The monoisotopic (exact) mass is 966 g/mol. The molecular weight excluding hydrogens is 913 g/mol. The van der Waals surface area contributed by atoms with Gasteiger partial charge in [-0.2, -0.15) is 0 Å². The fourth-order valence-corrected chi connectivity index (χ4v) is 13.7. The summed E-state index contributed by atoms with van der Waals surface area (Å²) in [4.78, 5) is 0. The van der Waals surface area contributed by atoms with Crippen molar-refractivity contribution in [2.24, 2.45) is 0 Å². The maximum atomic E-state index is 2.47. The van der Waals surface area contributed by atoms with Gasteiger partial charge in [0.15, 0.2) is 0 Å². The standard InChI is InChI=1S/C76H54/c1-75(2)67-29-17-16-20-55(67)56-43-40-54(46-70(56)75)74-65-27-14-12-25-63(65)73(64-26-13-15-28-66(64)74)51-36-32-48(33-37-51)53-39-42-58-57-41-38-52(44-68(57)76(3,4)69(58)45-53)47-30-34-50(35-31-47)72-61-23-10-8-21-59(61)71(49-18-6-5-7-19-49)60-22-9-11-24-62(60)72/h5-46H,1-4H3. The van der Waals surface area contributed by atoms with Gasteiger partial charge in [-0.15, -0.1) is 0 Å². The van der Waals surface area contributed by atoms with Crippen LogP contribution in [0.1, 0.15) is 49.9 Å². The van der Waals surface area contributed by atoms with Crippen LogP contribution in [0, 0.1) is 0 Å². The molecule has 0 bridgehead atoms. The second kappa shape index (κ2) is 16.7. The van der Waals surface area contributed by atoms with E-state index in [-0.39, 0.29) is 10.8 Å². The smallest absolute Gasteiger partial charge is 0.0159 e.